The summed E-state index contributed by atoms with van der Waals surface area (Å²) in [7, 11) is 1.52. The lowest BCUT2D eigenvalue weighted by molar-refractivity contribution is 0.373. The second kappa shape index (κ2) is 5.98. The number of phenols is 1. The lowest BCUT2D eigenvalue weighted by atomic mass is 10.1. The third-order valence-electron chi connectivity index (χ3n) is 3.81. The van der Waals surface area contributed by atoms with Crippen molar-refractivity contribution in [2.24, 2.45) is 0 Å². The Kier molecular flexibility index (Phi) is 3.66. The first-order chi connectivity index (χ1) is 11.7. The zero-order chi connectivity index (χ0) is 16.5. The van der Waals surface area contributed by atoms with Crippen LogP contribution < -0.4 is 4.74 Å². The lowest BCUT2D eigenvalue weighted by Crippen LogP contribution is -1.97. The second-order valence-electron chi connectivity index (χ2n) is 5.44. The Hall–Kier alpha value is -2.86. The van der Waals surface area contributed by atoms with Crippen molar-refractivity contribution in [3.05, 3.63) is 59.6 Å². The second-order valence-corrected chi connectivity index (χ2v) is 6.61. The van der Waals surface area contributed by atoms with Crippen molar-refractivity contribution in [3.8, 4) is 22.8 Å². The number of benzene rings is 2. The maximum absolute atomic E-state index is 9.90. The van der Waals surface area contributed by atoms with E-state index >= 15 is 0 Å². The molecule has 0 atom stereocenters. The molecule has 0 saturated heterocycles. The van der Waals surface area contributed by atoms with E-state index in [0.717, 1.165) is 5.56 Å². The van der Waals surface area contributed by atoms with Crippen molar-refractivity contribution < 1.29 is 9.84 Å². The number of phenolic OH excluding ortho intramolecular Hbond substituents is 1. The van der Waals surface area contributed by atoms with Crippen LogP contribution >= 0.6 is 11.3 Å². The summed E-state index contributed by atoms with van der Waals surface area (Å²) in [6, 6.07) is 15.7. The van der Waals surface area contributed by atoms with Gasteiger partial charge in [0.1, 0.15) is 5.69 Å². The molecule has 6 heteroatoms. The van der Waals surface area contributed by atoms with Gasteiger partial charge in [-0.3, -0.25) is 0 Å². The van der Waals surface area contributed by atoms with Crippen molar-refractivity contribution in [1.82, 2.24) is 15.0 Å². The van der Waals surface area contributed by atoms with Crippen LogP contribution in [0.5, 0.6) is 11.5 Å². The standard InChI is InChI=1S/C18H15N3O2S/c1-23-17-7-6-12(9-16(17)22)15-11-21(20-19-15)10-14-8-13-4-2-3-5-18(13)24-14/h2-9,11,22H,10H2,1H3. The zero-order valence-corrected chi connectivity index (χ0v) is 13.8. The maximum Gasteiger partial charge on any atom is 0.160 e. The molecule has 2 aromatic carbocycles. The van der Waals surface area contributed by atoms with Crippen molar-refractivity contribution in [2.75, 3.05) is 7.11 Å². The van der Waals surface area contributed by atoms with Crippen LogP contribution in [0.3, 0.4) is 0 Å². The van der Waals surface area contributed by atoms with Gasteiger partial charge in [0, 0.05) is 15.1 Å². The van der Waals surface area contributed by atoms with Crippen molar-refractivity contribution in [1.29, 1.82) is 0 Å². The third kappa shape index (κ3) is 2.72. The molecule has 4 rings (SSSR count). The number of fused-ring (bicyclic) bond motifs is 1. The molecule has 24 heavy (non-hydrogen) atoms. The molecule has 2 aromatic heterocycles. The Balaban J connectivity index is 1.59. The van der Waals surface area contributed by atoms with Gasteiger partial charge in [0.25, 0.3) is 0 Å². The summed E-state index contributed by atoms with van der Waals surface area (Å²) in [5, 5.41) is 19.5. The van der Waals surface area contributed by atoms with Gasteiger partial charge in [-0.15, -0.1) is 16.4 Å². The van der Waals surface area contributed by atoms with Crippen LogP contribution in [0.2, 0.25) is 0 Å². The molecule has 0 unspecified atom stereocenters. The normalized spacial score (nSPS) is 11.0. The van der Waals surface area contributed by atoms with Crippen LogP contribution in [0, 0.1) is 0 Å². The highest BCUT2D eigenvalue weighted by Crippen LogP contribution is 2.30. The fourth-order valence-corrected chi connectivity index (χ4v) is 3.69. The van der Waals surface area contributed by atoms with E-state index in [2.05, 4.69) is 28.5 Å². The SMILES string of the molecule is COc1ccc(-c2cn(Cc3cc4ccccc4s3)nn2)cc1O. The quantitative estimate of drug-likeness (QED) is 0.613. The molecule has 0 bridgehead atoms. The maximum atomic E-state index is 9.90. The van der Waals surface area contributed by atoms with E-state index in [1.807, 2.05) is 24.4 Å². The summed E-state index contributed by atoms with van der Waals surface area (Å²) in [6.45, 7) is 0.675. The van der Waals surface area contributed by atoms with Gasteiger partial charge >= 0.3 is 0 Å². The van der Waals surface area contributed by atoms with Gasteiger partial charge in [-0.1, -0.05) is 23.4 Å². The summed E-state index contributed by atoms with van der Waals surface area (Å²) in [5.41, 5.74) is 1.52. The summed E-state index contributed by atoms with van der Waals surface area (Å²) >= 11 is 1.76. The van der Waals surface area contributed by atoms with E-state index in [0.29, 0.717) is 18.0 Å². The summed E-state index contributed by atoms with van der Waals surface area (Å²) in [6.07, 6.45) is 1.88. The number of ether oxygens (including phenoxy) is 1. The number of methoxy groups -OCH3 is 1. The first-order valence-electron chi connectivity index (χ1n) is 7.48. The van der Waals surface area contributed by atoms with Crippen LogP contribution in [-0.2, 0) is 6.54 Å². The average molecular weight is 337 g/mol. The molecule has 1 N–H and O–H groups in total. The van der Waals surface area contributed by atoms with Gasteiger partial charge in [-0.2, -0.15) is 0 Å². The van der Waals surface area contributed by atoms with E-state index in [9.17, 15) is 5.11 Å². The van der Waals surface area contributed by atoms with Gasteiger partial charge in [0.15, 0.2) is 11.5 Å². The molecule has 5 nitrogen and oxygen atoms in total. The zero-order valence-electron chi connectivity index (χ0n) is 13.0. The lowest BCUT2D eigenvalue weighted by Gasteiger charge is -2.03. The molecule has 0 aliphatic rings. The molecule has 120 valence electrons. The number of hydrogen-bond donors (Lipinski definition) is 1. The molecule has 2 heterocycles. The minimum absolute atomic E-state index is 0.0917. The van der Waals surface area contributed by atoms with Crippen LogP contribution in [-0.4, -0.2) is 27.2 Å². The van der Waals surface area contributed by atoms with Gasteiger partial charge in [0.05, 0.1) is 19.9 Å². The summed E-state index contributed by atoms with van der Waals surface area (Å²) in [5.74, 6) is 0.533. The predicted molar refractivity (Wildman–Crippen MR) is 94.6 cm³/mol. The molecule has 0 amide bonds. The highest BCUT2D eigenvalue weighted by Gasteiger charge is 2.09. The highest BCUT2D eigenvalue weighted by molar-refractivity contribution is 7.19. The Morgan fingerprint density at radius 2 is 2.04 bits per heavy atom. The smallest absolute Gasteiger partial charge is 0.160 e. The Morgan fingerprint density at radius 1 is 1.17 bits per heavy atom. The monoisotopic (exact) mass is 337 g/mol. The van der Waals surface area contributed by atoms with E-state index < -0.39 is 0 Å². The molecule has 0 saturated carbocycles. The molecule has 0 fully saturated rings. The number of nitrogens with zero attached hydrogens (tertiary/aromatic N) is 3. The van der Waals surface area contributed by atoms with Gasteiger partial charge in [-0.25, -0.2) is 4.68 Å². The number of thiophene rings is 1. The van der Waals surface area contributed by atoms with Crippen molar-refractivity contribution in [2.45, 2.75) is 6.54 Å². The van der Waals surface area contributed by atoms with E-state index in [4.69, 9.17) is 4.74 Å². The molecule has 0 spiro atoms. The summed E-state index contributed by atoms with van der Waals surface area (Å²) in [4.78, 5) is 1.23. The molecular weight excluding hydrogens is 322 g/mol. The molecule has 0 aliphatic carbocycles. The fraction of sp³-hybridized carbons (Fsp3) is 0.111. The Morgan fingerprint density at radius 3 is 2.83 bits per heavy atom. The van der Waals surface area contributed by atoms with E-state index in [1.54, 1.807) is 28.2 Å². The molecule has 4 aromatic rings. The predicted octanol–water partition coefficient (Wildman–Crippen LogP) is 3.92. The fourth-order valence-electron chi connectivity index (χ4n) is 2.63. The van der Waals surface area contributed by atoms with E-state index in [-0.39, 0.29) is 5.75 Å². The molecule has 0 radical (unpaired) electrons. The van der Waals surface area contributed by atoms with E-state index in [1.165, 1.54) is 22.1 Å². The summed E-state index contributed by atoms with van der Waals surface area (Å²) < 4.78 is 8.14. The van der Waals surface area contributed by atoms with Crippen LogP contribution in [0.25, 0.3) is 21.3 Å². The van der Waals surface area contributed by atoms with Gasteiger partial charge in [0.2, 0.25) is 0 Å². The number of aromatic hydroxyl groups is 1. The number of rotatable bonds is 4. The van der Waals surface area contributed by atoms with Crippen LogP contribution in [0.15, 0.2) is 54.7 Å². The number of hydrogen-bond acceptors (Lipinski definition) is 5. The van der Waals surface area contributed by atoms with Crippen LogP contribution in [0.4, 0.5) is 0 Å². The van der Waals surface area contributed by atoms with Gasteiger partial charge < -0.3 is 9.84 Å². The van der Waals surface area contributed by atoms with Crippen LogP contribution in [0.1, 0.15) is 4.88 Å². The van der Waals surface area contributed by atoms with Gasteiger partial charge in [-0.05, 0) is 35.7 Å². The first-order valence-corrected chi connectivity index (χ1v) is 8.29. The topological polar surface area (TPSA) is 60.2 Å². The minimum Gasteiger partial charge on any atom is -0.504 e. The molecular formula is C18H15N3O2S. The number of aromatic nitrogens is 3. The third-order valence-corrected chi connectivity index (χ3v) is 4.91. The Labute approximate surface area is 142 Å². The largest absolute Gasteiger partial charge is 0.504 e. The average Bonchev–Trinajstić information content (AvgIpc) is 3.21. The van der Waals surface area contributed by atoms with Crippen molar-refractivity contribution >= 4 is 21.4 Å². The first kappa shape index (κ1) is 14.7. The minimum atomic E-state index is 0.0917. The van der Waals surface area contributed by atoms with Crippen molar-refractivity contribution in [3.63, 3.8) is 0 Å². The Bertz CT molecular complexity index is 973. The molecule has 0 aliphatic heterocycles. The highest BCUT2D eigenvalue weighted by atomic mass is 32.1.